The fraction of sp³-hybridized carbons (Fsp3) is 0.357. The van der Waals surface area contributed by atoms with Crippen molar-refractivity contribution in [2.45, 2.75) is 13.3 Å². The first-order chi connectivity index (χ1) is 8.76. The number of carbonyl (C=O) groups is 1. The minimum atomic E-state index is -0.0626. The van der Waals surface area contributed by atoms with Crippen LogP contribution < -0.4 is 11.1 Å². The topological polar surface area (TPSA) is 64.3 Å². The van der Waals surface area contributed by atoms with Gasteiger partial charge in [0.15, 0.2) is 0 Å². The second kappa shape index (κ2) is 8.29. The van der Waals surface area contributed by atoms with E-state index < -0.39 is 0 Å². The molecule has 0 heterocycles. The fourth-order valence-corrected chi connectivity index (χ4v) is 1.36. The molecule has 0 spiro atoms. The molecule has 1 aromatic carbocycles. The second-order valence-electron chi connectivity index (χ2n) is 3.58. The normalized spacial score (nSPS) is 9.44. The Hall–Kier alpha value is -1.83. The SMILES string of the molecule is CCOCCC(=O)Nc1cccc(C#CCN)c1. The largest absolute Gasteiger partial charge is 0.381 e. The van der Waals surface area contributed by atoms with Crippen LogP contribution in [0, 0.1) is 11.8 Å². The molecule has 0 atom stereocenters. The fourth-order valence-electron chi connectivity index (χ4n) is 1.36. The number of ether oxygens (including phenoxy) is 1. The number of hydrogen-bond acceptors (Lipinski definition) is 3. The highest BCUT2D eigenvalue weighted by atomic mass is 16.5. The smallest absolute Gasteiger partial charge is 0.226 e. The van der Waals surface area contributed by atoms with Crippen LogP contribution in [0.15, 0.2) is 24.3 Å². The van der Waals surface area contributed by atoms with Crippen LogP contribution in [0.5, 0.6) is 0 Å². The van der Waals surface area contributed by atoms with E-state index in [1.807, 2.05) is 31.2 Å². The van der Waals surface area contributed by atoms with Crippen LogP contribution in [-0.4, -0.2) is 25.7 Å². The average molecular weight is 246 g/mol. The van der Waals surface area contributed by atoms with E-state index in [1.54, 1.807) is 0 Å². The number of nitrogens with two attached hydrogens (primary N) is 1. The van der Waals surface area contributed by atoms with Crippen molar-refractivity contribution in [3.8, 4) is 11.8 Å². The Morgan fingerprint density at radius 3 is 3.06 bits per heavy atom. The van der Waals surface area contributed by atoms with Crippen molar-refractivity contribution >= 4 is 11.6 Å². The summed E-state index contributed by atoms with van der Waals surface area (Å²) in [5, 5.41) is 2.80. The van der Waals surface area contributed by atoms with Crippen molar-refractivity contribution in [1.82, 2.24) is 0 Å². The minimum absolute atomic E-state index is 0.0626. The molecule has 3 N–H and O–H groups in total. The van der Waals surface area contributed by atoms with Crippen molar-refractivity contribution in [3.05, 3.63) is 29.8 Å². The summed E-state index contributed by atoms with van der Waals surface area (Å²) in [4.78, 5) is 11.6. The van der Waals surface area contributed by atoms with Gasteiger partial charge in [-0.3, -0.25) is 4.79 Å². The molecule has 0 aliphatic rings. The summed E-state index contributed by atoms with van der Waals surface area (Å²) in [5.41, 5.74) is 6.88. The Bertz CT molecular complexity index is 447. The molecule has 96 valence electrons. The van der Waals surface area contributed by atoms with Gasteiger partial charge in [-0.05, 0) is 25.1 Å². The third kappa shape index (κ3) is 5.48. The first-order valence-corrected chi connectivity index (χ1v) is 5.93. The van der Waals surface area contributed by atoms with E-state index in [1.165, 1.54) is 0 Å². The lowest BCUT2D eigenvalue weighted by atomic mass is 10.2. The van der Waals surface area contributed by atoms with E-state index in [2.05, 4.69) is 17.2 Å². The minimum Gasteiger partial charge on any atom is -0.381 e. The van der Waals surface area contributed by atoms with Crippen LogP contribution >= 0.6 is 0 Å². The molecule has 1 rings (SSSR count). The summed E-state index contributed by atoms with van der Waals surface area (Å²) in [6, 6.07) is 7.37. The van der Waals surface area contributed by atoms with Gasteiger partial charge in [-0.2, -0.15) is 0 Å². The monoisotopic (exact) mass is 246 g/mol. The van der Waals surface area contributed by atoms with Crippen LogP contribution in [-0.2, 0) is 9.53 Å². The van der Waals surface area contributed by atoms with Gasteiger partial charge in [0.2, 0.25) is 5.91 Å². The van der Waals surface area contributed by atoms with E-state index in [9.17, 15) is 4.79 Å². The Morgan fingerprint density at radius 1 is 1.50 bits per heavy atom. The van der Waals surface area contributed by atoms with Gasteiger partial charge in [-0.15, -0.1) is 0 Å². The zero-order valence-electron chi connectivity index (χ0n) is 10.5. The summed E-state index contributed by atoms with van der Waals surface area (Å²) in [6.07, 6.45) is 0.354. The third-order valence-corrected chi connectivity index (χ3v) is 2.16. The van der Waals surface area contributed by atoms with Gasteiger partial charge in [0.1, 0.15) is 0 Å². The van der Waals surface area contributed by atoms with Gasteiger partial charge >= 0.3 is 0 Å². The maximum atomic E-state index is 11.6. The summed E-state index contributed by atoms with van der Waals surface area (Å²) >= 11 is 0. The highest BCUT2D eigenvalue weighted by molar-refractivity contribution is 5.90. The van der Waals surface area contributed by atoms with Crippen LogP contribution in [0.3, 0.4) is 0 Å². The standard InChI is InChI=1S/C14H18N2O2/c1-2-18-10-8-14(17)16-13-7-3-5-12(11-13)6-4-9-15/h3,5,7,11H,2,8-10,15H2,1H3,(H,16,17). The van der Waals surface area contributed by atoms with Crippen molar-refractivity contribution in [3.63, 3.8) is 0 Å². The summed E-state index contributed by atoms with van der Waals surface area (Å²) in [5.74, 6) is 5.63. The molecule has 0 saturated carbocycles. The molecule has 1 amide bonds. The van der Waals surface area contributed by atoms with Gasteiger partial charge in [0, 0.05) is 17.9 Å². The number of nitrogens with one attached hydrogen (secondary N) is 1. The van der Waals surface area contributed by atoms with E-state index in [-0.39, 0.29) is 5.91 Å². The van der Waals surface area contributed by atoms with E-state index >= 15 is 0 Å². The molecule has 0 bridgehead atoms. The molecule has 0 aliphatic carbocycles. The molecule has 0 fully saturated rings. The van der Waals surface area contributed by atoms with Crippen molar-refractivity contribution in [1.29, 1.82) is 0 Å². The van der Waals surface area contributed by atoms with Gasteiger partial charge < -0.3 is 15.8 Å². The van der Waals surface area contributed by atoms with E-state index in [0.717, 1.165) is 11.3 Å². The summed E-state index contributed by atoms with van der Waals surface area (Å²) < 4.78 is 5.12. The van der Waals surface area contributed by atoms with Gasteiger partial charge in [0.25, 0.3) is 0 Å². The lowest BCUT2D eigenvalue weighted by molar-refractivity contribution is -0.117. The molecule has 0 aromatic heterocycles. The second-order valence-corrected chi connectivity index (χ2v) is 3.58. The van der Waals surface area contributed by atoms with Crippen LogP contribution in [0.25, 0.3) is 0 Å². The van der Waals surface area contributed by atoms with Crippen LogP contribution in [0.2, 0.25) is 0 Å². The predicted molar refractivity (Wildman–Crippen MR) is 72.1 cm³/mol. The Morgan fingerprint density at radius 2 is 2.33 bits per heavy atom. The van der Waals surface area contributed by atoms with E-state index in [0.29, 0.717) is 26.2 Å². The molecular weight excluding hydrogens is 228 g/mol. The quantitative estimate of drug-likeness (QED) is 0.609. The van der Waals surface area contributed by atoms with Gasteiger partial charge in [-0.25, -0.2) is 0 Å². The maximum Gasteiger partial charge on any atom is 0.226 e. The van der Waals surface area contributed by atoms with Crippen molar-refractivity contribution in [2.24, 2.45) is 5.73 Å². The lowest BCUT2D eigenvalue weighted by Crippen LogP contribution is -2.14. The molecule has 0 aliphatic heterocycles. The molecular formula is C14H18N2O2. The van der Waals surface area contributed by atoms with Crippen LogP contribution in [0.4, 0.5) is 5.69 Å². The zero-order valence-corrected chi connectivity index (χ0v) is 10.5. The maximum absolute atomic E-state index is 11.6. The number of hydrogen-bond donors (Lipinski definition) is 2. The third-order valence-electron chi connectivity index (χ3n) is 2.16. The summed E-state index contributed by atoms with van der Waals surface area (Å²) in [7, 11) is 0. The predicted octanol–water partition coefficient (Wildman–Crippen LogP) is 1.36. The lowest BCUT2D eigenvalue weighted by Gasteiger charge is -2.05. The van der Waals surface area contributed by atoms with Crippen molar-refractivity contribution < 1.29 is 9.53 Å². The highest BCUT2D eigenvalue weighted by Gasteiger charge is 2.02. The molecule has 0 radical (unpaired) electrons. The number of carbonyl (C=O) groups excluding carboxylic acids is 1. The number of anilines is 1. The van der Waals surface area contributed by atoms with Crippen molar-refractivity contribution in [2.75, 3.05) is 25.1 Å². The first-order valence-electron chi connectivity index (χ1n) is 5.93. The van der Waals surface area contributed by atoms with Crippen LogP contribution in [0.1, 0.15) is 18.9 Å². The molecule has 18 heavy (non-hydrogen) atoms. The Kier molecular flexibility index (Phi) is 6.55. The Balaban J connectivity index is 2.53. The Labute approximate surface area is 108 Å². The molecule has 4 nitrogen and oxygen atoms in total. The molecule has 1 aromatic rings. The average Bonchev–Trinajstić information content (AvgIpc) is 2.37. The van der Waals surface area contributed by atoms with Gasteiger partial charge in [-0.1, -0.05) is 17.9 Å². The molecule has 4 heteroatoms. The molecule has 0 saturated heterocycles. The number of benzene rings is 1. The van der Waals surface area contributed by atoms with E-state index in [4.69, 9.17) is 10.5 Å². The summed E-state index contributed by atoms with van der Waals surface area (Å²) in [6.45, 7) is 3.29. The first kappa shape index (κ1) is 14.2. The van der Waals surface area contributed by atoms with Gasteiger partial charge in [0.05, 0.1) is 19.6 Å². The number of amides is 1. The zero-order chi connectivity index (χ0) is 13.2. The molecule has 0 unspecified atom stereocenters. The highest BCUT2D eigenvalue weighted by Crippen LogP contribution is 2.10. The number of rotatable bonds is 5.